The van der Waals surface area contributed by atoms with E-state index < -0.39 is 0 Å². The minimum absolute atomic E-state index is 0.309. The molecule has 3 aromatic rings. The number of aryl methyl sites for hydroxylation is 1. The van der Waals surface area contributed by atoms with Crippen LogP contribution < -0.4 is 10.6 Å². The van der Waals surface area contributed by atoms with E-state index in [4.69, 9.17) is 16.6 Å². The van der Waals surface area contributed by atoms with Crippen molar-refractivity contribution in [3.63, 3.8) is 0 Å². The molecule has 27 heavy (non-hydrogen) atoms. The Morgan fingerprint density at radius 3 is 3.26 bits per heavy atom. The quantitative estimate of drug-likeness (QED) is 0.465. The molecule has 1 unspecified atom stereocenters. The molecule has 1 atom stereocenters. The Labute approximate surface area is 163 Å². The lowest BCUT2D eigenvalue weighted by molar-refractivity contribution is 0.393. The van der Waals surface area contributed by atoms with Crippen LogP contribution in [0.5, 0.6) is 0 Å². The summed E-state index contributed by atoms with van der Waals surface area (Å²) in [5.74, 6) is 1.91. The van der Waals surface area contributed by atoms with Crippen LogP contribution in [0.2, 0.25) is 5.02 Å². The molecule has 1 aromatic carbocycles. The summed E-state index contributed by atoms with van der Waals surface area (Å²) in [6, 6.07) is 6.23. The molecule has 0 saturated carbocycles. The summed E-state index contributed by atoms with van der Waals surface area (Å²) >= 11 is 6.14. The Bertz CT molecular complexity index is 943. The molecule has 0 spiro atoms. The third kappa shape index (κ3) is 4.08. The average Bonchev–Trinajstić information content (AvgIpc) is 3.28. The number of fused-ring (bicyclic) bond motifs is 2. The normalized spacial score (nSPS) is 17.1. The Balaban J connectivity index is 1.39. The molecule has 0 saturated heterocycles. The first-order valence-corrected chi connectivity index (χ1v) is 9.77. The molecule has 7 nitrogen and oxygen atoms in total. The first-order chi connectivity index (χ1) is 13.2. The van der Waals surface area contributed by atoms with Gasteiger partial charge in [0.15, 0.2) is 5.96 Å². The number of hydrogen-bond donors (Lipinski definition) is 3. The number of rotatable bonds is 5. The Hall–Kier alpha value is -2.54. The van der Waals surface area contributed by atoms with Crippen LogP contribution in [0, 0.1) is 0 Å². The van der Waals surface area contributed by atoms with Gasteiger partial charge in [-0.15, -0.1) is 0 Å². The van der Waals surface area contributed by atoms with Crippen molar-refractivity contribution < 1.29 is 0 Å². The van der Waals surface area contributed by atoms with E-state index in [1.165, 1.54) is 10.9 Å². The van der Waals surface area contributed by atoms with Crippen molar-refractivity contribution in [1.29, 1.82) is 0 Å². The van der Waals surface area contributed by atoms with Gasteiger partial charge in [0.2, 0.25) is 0 Å². The molecule has 3 heterocycles. The van der Waals surface area contributed by atoms with E-state index in [2.05, 4.69) is 32.6 Å². The second kappa shape index (κ2) is 8.00. The number of nitrogens with zero attached hydrogens (tertiary/aromatic N) is 4. The fraction of sp³-hybridized carbons (Fsp3) is 0.421. The molecule has 1 aliphatic heterocycles. The molecule has 8 heteroatoms. The van der Waals surface area contributed by atoms with E-state index >= 15 is 0 Å². The summed E-state index contributed by atoms with van der Waals surface area (Å²) < 4.78 is 1.97. The molecule has 0 aliphatic carbocycles. The smallest absolute Gasteiger partial charge is 0.191 e. The van der Waals surface area contributed by atoms with E-state index in [9.17, 15) is 0 Å². The van der Waals surface area contributed by atoms with Gasteiger partial charge in [-0.3, -0.25) is 4.99 Å². The molecule has 4 rings (SSSR count). The van der Waals surface area contributed by atoms with Gasteiger partial charge in [-0.1, -0.05) is 11.6 Å². The Morgan fingerprint density at radius 1 is 1.44 bits per heavy atom. The standard InChI is InChI=1S/C19H24ClN7/c1-2-21-19(26-15-4-6-18-24-12-25-27(18)11-15)22-8-7-13-10-23-17-5-3-14(20)9-16(13)17/h3,5,9-10,12,15,23H,2,4,6-8,11H2,1H3,(H2,21,22,26). The highest BCUT2D eigenvalue weighted by Crippen LogP contribution is 2.22. The number of aromatic amines is 1. The largest absolute Gasteiger partial charge is 0.361 e. The van der Waals surface area contributed by atoms with Crippen molar-refractivity contribution in [2.45, 2.75) is 38.8 Å². The first-order valence-electron chi connectivity index (χ1n) is 9.40. The monoisotopic (exact) mass is 385 g/mol. The molecule has 0 amide bonds. The molecular weight excluding hydrogens is 362 g/mol. The number of H-pyrrole nitrogens is 1. The summed E-state index contributed by atoms with van der Waals surface area (Å²) in [6.07, 6.45) is 6.50. The Morgan fingerprint density at radius 2 is 2.37 bits per heavy atom. The van der Waals surface area contributed by atoms with Gasteiger partial charge in [0.05, 0.1) is 6.54 Å². The Kier molecular flexibility index (Phi) is 5.29. The topological polar surface area (TPSA) is 82.9 Å². The van der Waals surface area contributed by atoms with Crippen molar-refractivity contribution in [2.75, 3.05) is 13.1 Å². The summed E-state index contributed by atoms with van der Waals surface area (Å²) in [6.45, 7) is 4.43. The molecule has 0 radical (unpaired) electrons. The van der Waals surface area contributed by atoms with Crippen LogP contribution in [-0.4, -0.2) is 44.8 Å². The molecule has 1 aliphatic rings. The summed E-state index contributed by atoms with van der Waals surface area (Å²) in [4.78, 5) is 12.3. The zero-order chi connectivity index (χ0) is 18.6. The minimum Gasteiger partial charge on any atom is -0.361 e. The highest BCUT2D eigenvalue weighted by molar-refractivity contribution is 6.31. The minimum atomic E-state index is 0.309. The highest BCUT2D eigenvalue weighted by Gasteiger charge is 2.20. The maximum atomic E-state index is 6.14. The van der Waals surface area contributed by atoms with Gasteiger partial charge in [0, 0.05) is 47.7 Å². The summed E-state index contributed by atoms with van der Waals surface area (Å²) in [7, 11) is 0. The van der Waals surface area contributed by atoms with Crippen LogP contribution in [-0.2, 0) is 19.4 Å². The van der Waals surface area contributed by atoms with Crippen LogP contribution in [0.3, 0.4) is 0 Å². The van der Waals surface area contributed by atoms with Crippen LogP contribution in [0.1, 0.15) is 24.7 Å². The van der Waals surface area contributed by atoms with Gasteiger partial charge in [-0.25, -0.2) is 9.67 Å². The van der Waals surface area contributed by atoms with Gasteiger partial charge in [-0.2, -0.15) is 5.10 Å². The van der Waals surface area contributed by atoms with E-state index in [-0.39, 0.29) is 0 Å². The van der Waals surface area contributed by atoms with E-state index in [1.807, 2.05) is 29.1 Å². The van der Waals surface area contributed by atoms with Gasteiger partial charge >= 0.3 is 0 Å². The second-order valence-corrected chi connectivity index (χ2v) is 7.19. The molecule has 2 aromatic heterocycles. The SMILES string of the molecule is CCNC(=NCCc1c[nH]c2ccc(Cl)cc12)NC1CCc2ncnn2C1. The molecule has 3 N–H and O–H groups in total. The predicted molar refractivity (Wildman–Crippen MR) is 108 cm³/mol. The van der Waals surface area contributed by atoms with Crippen molar-refractivity contribution in [1.82, 2.24) is 30.4 Å². The van der Waals surface area contributed by atoms with Crippen LogP contribution >= 0.6 is 11.6 Å². The fourth-order valence-corrected chi connectivity index (χ4v) is 3.69. The average molecular weight is 386 g/mol. The van der Waals surface area contributed by atoms with Crippen molar-refractivity contribution in [3.8, 4) is 0 Å². The van der Waals surface area contributed by atoms with E-state index in [1.54, 1.807) is 6.33 Å². The van der Waals surface area contributed by atoms with Crippen LogP contribution in [0.15, 0.2) is 35.7 Å². The van der Waals surface area contributed by atoms with Crippen LogP contribution in [0.25, 0.3) is 10.9 Å². The number of halogens is 1. The molecular formula is C19H24ClN7. The zero-order valence-corrected chi connectivity index (χ0v) is 16.1. The highest BCUT2D eigenvalue weighted by atomic mass is 35.5. The number of benzene rings is 1. The first kappa shape index (κ1) is 17.9. The lowest BCUT2D eigenvalue weighted by Crippen LogP contribution is -2.47. The predicted octanol–water partition coefficient (Wildman–Crippen LogP) is 2.53. The lowest BCUT2D eigenvalue weighted by Gasteiger charge is -2.25. The fourth-order valence-electron chi connectivity index (χ4n) is 3.51. The summed E-state index contributed by atoms with van der Waals surface area (Å²) in [5, 5.41) is 13.1. The van der Waals surface area contributed by atoms with Crippen molar-refractivity contribution in [2.24, 2.45) is 4.99 Å². The van der Waals surface area contributed by atoms with Gasteiger partial charge < -0.3 is 15.6 Å². The maximum absolute atomic E-state index is 6.14. The molecule has 0 fully saturated rings. The second-order valence-electron chi connectivity index (χ2n) is 6.75. The molecule has 0 bridgehead atoms. The van der Waals surface area contributed by atoms with Crippen molar-refractivity contribution in [3.05, 3.63) is 47.1 Å². The molecule has 142 valence electrons. The number of guanidine groups is 1. The third-order valence-corrected chi connectivity index (χ3v) is 5.11. The van der Waals surface area contributed by atoms with Gasteiger partial charge in [0.1, 0.15) is 12.2 Å². The number of nitrogens with one attached hydrogen (secondary N) is 3. The lowest BCUT2D eigenvalue weighted by atomic mass is 10.1. The summed E-state index contributed by atoms with van der Waals surface area (Å²) in [5.41, 5.74) is 2.34. The number of aliphatic imine (C=N–C) groups is 1. The van der Waals surface area contributed by atoms with E-state index in [0.717, 1.165) is 54.7 Å². The third-order valence-electron chi connectivity index (χ3n) is 4.87. The number of hydrogen-bond acceptors (Lipinski definition) is 3. The zero-order valence-electron chi connectivity index (χ0n) is 15.4. The van der Waals surface area contributed by atoms with E-state index in [0.29, 0.717) is 12.6 Å². The maximum Gasteiger partial charge on any atom is 0.191 e. The van der Waals surface area contributed by atoms with Crippen molar-refractivity contribution >= 4 is 28.5 Å². The van der Waals surface area contributed by atoms with Gasteiger partial charge in [0.25, 0.3) is 0 Å². The number of aromatic nitrogens is 4. The van der Waals surface area contributed by atoms with Gasteiger partial charge in [-0.05, 0) is 43.5 Å². The van der Waals surface area contributed by atoms with Crippen LogP contribution in [0.4, 0.5) is 0 Å².